The van der Waals surface area contributed by atoms with Crippen molar-refractivity contribution in [2.45, 2.75) is 45.4 Å². The first-order valence-corrected chi connectivity index (χ1v) is 9.00. The lowest BCUT2D eigenvalue weighted by molar-refractivity contribution is 0.569. The van der Waals surface area contributed by atoms with E-state index in [2.05, 4.69) is 89.2 Å². The Morgan fingerprint density at radius 3 is 2.12 bits per heavy atom. The monoisotopic (exact) mass is 327 g/mol. The van der Waals surface area contributed by atoms with Crippen molar-refractivity contribution in [3.8, 4) is 22.3 Å². The average molecular weight is 327 g/mol. The van der Waals surface area contributed by atoms with Gasteiger partial charge in [0.2, 0.25) is 0 Å². The fourth-order valence-electron chi connectivity index (χ4n) is 3.89. The second-order valence-corrected chi connectivity index (χ2v) is 8.61. The minimum Gasteiger partial charge on any atom is -0.260 e. The second kappa shape index (κ2) is 5.29. The van der Waals surface area contributed by atoms with E-state index in [4.69, 9.17) is 4.98 Å². The van der Waals surface area contributed by atoms with Crippen molar-refractivity contribution in [2.24, 2.45) is 0 Å². The summed E-state index contributed by atoms with van der Waals surface area (Å²) in [4.78, 5) is 4.70. The van der Waals surface area contributed by atoms with Crippen molar-refractivity contribution in [1.29, 1.82) is 0 Å². The molecule has 0 bridgehead atoms. The molecule has 0 fully saturated rings. The van der Waals surface area contributed by atoms with Crippen LogP contribution in [0.3, 0.4) is 0 Å². The zero-order valence-corrected chi connectivity index (χ0v) is 15.7. The van der Waals surface area contributed by atoms with Crippen LogP contribution in [0.2, 0.25) is 0 Å². The average Bonchev–Trinajstić information content (AvgIpc) is 2.82. The molecular formula is C24H25N. The van der Waals surface area contributed by atoms with Crippen LogP contribution in [0.5, 0.6) is 0 Å². The molecule has 1 aliphatic carbocycles. The third kappa shape index (κ3) is 2.50. The largest absolute Gasteiger partial charge is 0.260 e. The smallest absolute Gasteiger partial charge is 0.0457 e. The Labute approximate surface area is 150 Å². The Morgan fingerprint density at radius 1 is 0.760 bits per heavy atom. The van der Waals surface area contributed by atoms with Crippen LogP contribution in [0.25, 0.3) is 22.3 Å². The Kier molecular flexibility index (Phi) is 3.40. The van der Waals surface area contributed by atoms with Gasteiger partial charge in [-0.25, -0.2) is 0 Å². The standard InChI is InChI=1S/C24H25N/c1-23(2,3)22-13-11-17(15-25-22)16-10-12-19-18-8-6-7-9-20(18)24(4,5)21(19)14-16/h6-15H,1-5H3. The van der Waals surface area contributed by atoms with E-state index < -0.39 is 0 Å². The van der Waals surface area contributed by atoms with Gasteiger partial charge in [-0.1, -0.05) is 77.1 Å². The normalized spacial score (nSPS) is 14.9. The maximum atomic E-state index is 4.70. The number of rotatable bonds is 1. The minimum absolute atomic E-state index is 0.0424. The van der Waals surface area contributed by atoms with Gasteiger partial charge in [0.05, 0.1) is 0 Å². The number of fused-ring (bicyclic) bond motifs is 3. The van der Waals surface area contributed by atoms with Crippen molar-refractivity contribution in [3.05, 3.63) is 77.6 Å². The van der Waals surface area contributed by atoms with E-state index in [-0.39, 0.29) is 10.8 Å². The fourth-order valence-corrected chi connectivity index (χ4v) is 3.89. The Bertz CT molecular complexity index is 941. The molecule has 0 aliphatic heterocycles. The number of aromatic nitrogens is 1. The summed E-state index contributed by atoms with van der Waals surface area (Å²) in [5, 5.41) is 0. The van der Waals surface area contributed by atoms with E-state index in [1.807, 2.05) is 6.20 Å². The molecule has 1 aromatic heterocycles. The molecule has 3 aromatic rings. The molecule has 1 heteroatoms. The van der Waals surface area contributed by atoms with Crippen molar-refractivity contribution in [1.82, 2.24) is 4.98 Å². The predicted octanol–water partition coefficient (Wildman–Crippen LogP) is 6.35. The first kappa shape index (κ1) is 16.1. The SMILES string of the molecule is CC(C)(C)c1ccc(-c2ccc3c(c2)C(C)(C)c2ccccc2-3)cn1. The zero-order valence-electron chi connectivity index (χ0n) is 15.7. The molecular weight excluding hydrogens is 302 g/mol. The summed E-state index contributed by atoms with van der Waals surface area (Å²) < 4.78 is 0. The summed E-state index contributed by atoms with van der Waals surface area (Å²) in [5.41, 5.74) is 9.24. The molecule has 0 radical (unpaired) electrons. The van der Waals surface area contributed by atoms with Crippen molar-refractivity contribution in [2.75, 3.05) is 0 Å². The minimum atomic E-state index is 0.0424. The molecule has 1 nitrogen and oxygen atoms in total. The van der Waals surface area contributed by atoms with Crippen LogP contribution in [0, 0.1) is 0 Å². The van der Waals surface area contributed by atoms with E-state index in [9.17, 15) is 0 Å². The third-order valence-electron chi connectivity index (χ3n) is 5.45. The van der Waals surface area contributed by atoms with Crippen LogP contribution in [-0.4, -0.2) is 4.98 Å². The van der Waals surface area contributed by atoms with Crippen LogP contribution in [0.1, 0.15) is 51.4 Å². The Morgan fingerprint density at radius 2 is 1.44 bits per heavy atom. The van der Waals surface area contributed by atoms with Crippen molar-refractivity contribution < 1.29 is 0 Å². The second-order valence-electron chi connectivity index (χ2n) is 8.61. The quantitative estimate of drug-likeness (QED) is 0.507. The fraction of sp³-hybridized carbons (Fsp3) is 0.292. The van der Waals surface area contributed by atoms with Gasteiger partial charge in [-0.2, -0.15) is 0 Å². The van der Waals surface area contributed by atoms with Gasteiger partial charge in [-0.05, 0) is 39.9 Å². The molecule has 0 saturated carbocycles. The summed E-state index contributed by atoms with van der Waals surface area (Å²) >= 11 is 0. The van der Waals surface area contributed by atoms with Gasteiger partial charge in [0.25, 0.3) is 0 Å². The summed E-state index contributed by atoms with van der Waals surface area (Å²) in [5.74, 6) is 0. The van der Waals surface area contributed by atoms with Gasteiger partial charge in [0, 0.05) is 28.3 Å². The summed E-state index contributed by atoms with van der Waals surface area (Å²) in [7, 11) is 0. The first-order valence-electron chi connectivity index (χ1n) is 9.00. The zero-order chi connectivity index (χ0) is 17.8. The van der Waals surface area contributed by atoms with Gasteiger partial charge in [0.15, 0.2) is 0 Å². The van der Waals surface area contributed by atoms with Crippen LogP contribution in [0.15, 0.2) is 60.8 Å². The van der Waals surface area contributed by atoms with Crippen LogP contribution >= 0.6 is 0 Å². The number of pyridine rings is 1. The van der Waals surface area contributed by atoms with Crippen molar-refractivity contribution in [3.63, 3.8) is 0 Å². The molecule has 1 aliphatic rings. The lowest BCUT2D eigenvalue weighted by Gasteiger charge is -2.22. The number of hydrogen-bond acceptors (Lipinski definition) is 1. The predicted molar refractivity (Wildman–Crippen MR) is 106 cm³/mol. The topological polar surface area (TPSA) is 12.9 Å². The highest BCUT2D eigenvalue weighted by atomic mass is 14.7. The molecule has 2 aromatic carbocycles. The maximum Gasteiger partial charge on any atom is 0.0457 e. The molecule has 0 saturated heterocycles. The van der Waals surface area contributed by atoms with Gasteiger partial charge >= 0.3 is 0 Å². The molecule has 0 amide bonds. The maximum absolute atomic E-state index is 4.70. The molecule has 1 heterocycles. The lowest BCUT2D eigenvalue weighted by Crippen LogP contribution is -2.15. The summed E-state index contributed by atoms with van der Waals surface area (Å²) in [6.45, 7) is 11.2. The highest BCUT2D eigenvalue weighted by Crippen LogP contribution is 2.49. The third-order valence-corrected chi connectivity index (χ3v) is 5.45. The van der Waals surface area contributed by atoms with Crippen LogP contribution in [-0.2, 0) is 10.8 Å². The van der Waals surface area contributed by atoms with E-state index in [1.165, 1.54) is 33.4 Å². The van der Waals surface area contributed by atoms with E-state index in [0.717, 1.165) is 5.69 Å². The highest BCUT2D eigenvalue weighted by Gasteiger charge is 2.35. The summed E-state index contributed by atoms with van der Waals surface area (Å²) in [6.07, 6.45) is 2.01. The lowest BCUT2D eigenvalue weighted by atomic mass is 9.81. The van der Waals surface area contributed by atoms with Crippen LogP contribution in [0.4, 0.5) is 0 Å². The first-order chi connectivity index (χ1) is 11.8. The van der Waals surface area contributed by atoms with E-state index in [0.29, 0.717) is 0 Å². The van der Waals surface area contributed by atoms with E-state index in [1.54, 1.807) is 0 Å². The molecule has 25 heavy (non-hydrogen) atoms. The number of nitrogens with zero attached hydrogens (tertiary/aromatic N) is 1. The molecule has 0 N–H and O–H groups in total. The number of hydrogen-bond donors (Lipinski definition) is 0. The van der Waals surface area contributed by atoms with Gasteiger partial charge in [-0.15, -0.1) is 0 Å². The molecule has 4 rings (SSSR count). The summed E-state index contributed by atoms with van der Waals surface area (Å²) in [6, 6.07) is 20.0. The molecule has 0 unspecified atom stereocenters. The Balaban J connectivity index is 1.80. The van der Waals surface area contributed by atoms with Gasteiger partial charge in [-0.3, -0.25) is 4.98 Å². The molecule has 0 atom stereocenters. The van der Waals surface area contributed by atoms with Gasteiger partial charge < -0.3 is 0 Å². The highest BCUT2D eigenvalue weighted by molar-refractivity contribution is 5.83. The van der Waals surface area contributed by atoms with E-state index >= 15 is 0 Å². The van der Waals surface area contributed by atoms with Crippen molar-refractivity contribution >= 4 is 0 Å². The number of benzene rings is 2. The Hall–Kier alpha value is -2.41. The molecule has 126 valence electrons. The van der Waals surface area contributed by atoms with Gasteiger partial charge in [0.1, 0.15) is 0 Å². The van der Waals surface area contributed by atoms with Crippen LogP contribution < -0.4 is 0 Å². The molecule has 0 spiro atoms.